The van der Waals surface area contributed by atoms with E-state index in [1.807, 2.05) is 0 Å². The van der Waals surface area contributed by atoms with Crippen LogP contribution in [-0.4, -0.2) is 25.4 Å². The maximum Gasteiger partial charge on any atom is 0.255 e. The van der Waals surface area contributed by atoms with E-state index in [1.54, 1.807) is 19.1 Å². The number of fused-ring (bicyclic) bond motifs is 1. The van der Waals surface area contributed by atoms with Gasteiger partial charge in [0.05, 0.1) is 7.11 Å². The van der Waals surface area contributed by atoms with Gasteiger partial charge in [0.25, 0.3) is 5.91 Å². The van der Waals surface area contributed by atoms with Crippen LogP contribution in [0.5, 0.6) is 11.5 Å². The largest absolute Gasteiger partial charge is 0.493 e. The highest BCUT2D eigenvalue weighted by atomic mass is 16.5. The third-order valence-electron chi connectivity index (χ3n) is 2.92. The number of hydrogen-bond donors (Lipinski definition) is 1. The van der Waals surface area contributed by atoms with E-state index >= 15 is 0 Å². The molecule has 0 unspecified atom stereocenters. The zero-order chi connectivity index (χ0) is 14.9. The molecule has 1 aromatic carbocycles. The van der Waals surface area contributed by atoms with Crippen LogP contribution in [0.15, 0.2) is 16.5 Å². The van der Waals surface area contributed by atoms with Gasteiger partial charge in [-0.2, -0.15) is 0 Å². The number of carbonyl (C=O) groups is 2. The van der Waals surface area contributed by atoms with Crippen molar-refractivity contribution in [2.75, 3.05) is 13.7 Å². The molecule has 6 nitrogen and oxygen atoms in total. The van der Waals surface area contributed by atoms with Gasteiger partial charge in [0.15, 0.2) is 29.5 Å². The summed E-state index contributed by atoms with van der Waals surface area (Å²) in [6.07, 6.45) is 0. The number of Topliss-reactive ketones (excluding diaryl/α,β-unsaturated/α-hetero) is 1. The minimum atomic E-state index is -0.612. The standard InChI is InChI=1S/C14H15NO5/c1-7-9-4-5-10(18-3)14(19-6-11(15)17)13(9)20-12(7)8(2)16/h4-5H,6H2,1-3H3,(H2,15,17). The normalized spacial score (nSPS) is 10.6. The number of nitrogens with two attached hydrogens (primary N) is 1. The van der Waals surface area contributed by atoms with Gasteiger partial charge in [0.1, 0.15) is 0 Å². The van der Waals surface area contributed by atoms with Crippen molar-refractivity contribution in [2.45, 2.75) is 13.8 Å². The molecule has 1 aromatic heterocycles. The molecule has 0 radical (unpaired) electrons. The van der Waals surface area contributed by atoms with Gasteiger partial charge in [-0.1, -0.05) is 0 Å². The highest BCUT2D eigenvalue weighted by molar-refractivity contribution is 6.00. The lowest BCUT2D eigenvalue weighted by Crippen LogP contribution is -2.20. The number of furan rings is 1. The highest BCUT2D eigenvalue weighted by Crippen LogP contribution is 2.39. The van der Waals surface area contributed by atoms with Crippen molar-refractivity contribution >= 4 is 22.7 Å². The first-order valence-electron chi connectivity index (χ1n) is 5.97. The topological polar surface area (TPSA) is 91.8 Å². The molecule has 2 rings (SSSR count). The van der Waals surface area contributed by atoms with Crippen molar-refractivity contribution in [1.29, 1.82) is 0 Å². The third kappa shape index (κ3) is 2.32. The summed E-state index contributed by atoms with van der Waals surface area (Å²) in [7, 11) is 1.47. The summed E-state index contributed by atoms with van der Waals surface area (Å²) >= 11 is 0. The molecule has 20 heavy (non-hydrogen) atoms. The molecule has 6 heteroatoms. The first kappa shape index (κ1) is 13.9. The van der Waals surface area contributed by atoms with Gasteiger partial charge in [-0.3, -0.25) is 9.59 Å². The summed E-state index contributed by atoms with van der Waals surface area (Å²) in [6, 6.07) is 3.46. The summed E-state index contributed by atoms with van der Waals surface area (Å²) in [5.41, 5.74) is 6.16. The Balaban J connectivity index is 2.64. The Kier molecular flexibility index (Phi) is 3.65. The number of carbonyl (C=O) groups excluding carboxylic acids is 2. The molecule has 0 aliphatic rings. The van der Waals surface area contributed by atoms with Gasteiger partial charge in [0, 0.05) is 17.9 Å². The number of benzene rings is 1. The molecule has 0 aliphatic heterocycles. The highest BCUT2D eigenvalue weighted by Gasteiger charge is 2.20. The Morgan fingerprint density at radius 2 is 2.05 bits per heavy atom. The van der Waals surface area contributed by atoms with E-state index < -0.39 is 5.91 Å². The van der Waals surface area contributed by atoms with E-state index in [4.69, 9.17) is 19.6 Å². The average molecular weight is 277 g/mol. The number of aryl methyl sites for hydroxylation is 1. The van der Waals surface area contributed by atoms with Crippen LogP contribution in [0.3, 0.4) is 0 Å². The molecule has 0 saturated heterocycles. The Hall–Kier alpha value is -2.50. The fourth-order valence-corrected chi connectivity index (χ4v) is 2.02. The number of primary amides is 1. The average Bonchev–Trinajstić information content (AvgIpc) is 2.73. The van der Waals surface area contributed by atoms with Gasteiger partial charge >= 0.3 is 0 Å². The Morgan fingerprint density at radius 3 is 2.60 bits per heavy atom. The van der Waals surface area contributed by atoms with Gasteiger partial charge in [0.2, 0.25) is 5.75 Å². The molecule has 1 amide bonds. The van der Waals surface area contributed by atoms with Crippen molar-refractivity contribution in [3.63, 3.8) is 0 Å². The first-order valence-corrected chi connectivity index (χ1v) is 5.97. The Labute approximate surface area is 115 Å². The summed E-state index contributed by atoms with van der Waals surface area (Å²) in [5.74, 6) is 0.136. The van der Waals surface area contributed by atoms with Crippen LogP contribution in [0.25, 0.3) is 11.0 Å². The summed E-state index contributed by atoms with van der Waals surface area (Å²) in [4.78, 5) is 22.4. The SMILES string of the molecule is COc1ccc2c(C)c(C(C)=O)oc2c1OCC(N)=O. The van der Waals surface area contributed by atoms with Crippen LogP contribution >= 0.6 is 0 Å². The zero-order valence-corrected chi connectivity index (χ0v) is 11.5. The summed E-state index contributed by atoms with van der Waals surface area (Å²) in [6.45, 7) is 2.91. The summed E-state index contributed by atoms with van der Waals surface area (Å²) in [5, 5.41) is 0.732. The van der Waals surface area contributed by atoms with Gasteiger partial charge < -0.3 is 19.6 Å². The predicted molar refractivity (Wildman–Crippen MR) is 72.2 cm³/mol. The monoisotopic (exact) mass is 277 g/mol. The van der Waals surface area contributed by atoms with E-state index in [-0.39, 0.29) is 23.9 Å². The summed E-state index contributed by atoms with van der Waals surface area (Å²) < 4.78 is 16.1. The molecule has 0 saturated carbocycles. The lowest BCUT2D eigenvalue weighted by Gasteiger charge is -2.09. The smallest absolute Gasteiger partial charge is 0.255 e. The first-order chi connectivity index (χ1) is 9.45. The van der Waals surface area contributed by atoms with Crippen molar-refractivity contribution in [3.05, 3.63) is 23.5 Å². The van der Waals surface area contributed by atoms with Gasteiger partial charge in [-0.25, -0.2) is 0 Å². The second kappa shape index (κ2) is 5.24. The lowest BCUT2D eigenvalue weighted by atomic mass is 10.1. The Bertz CT molecular complexity index is 686. The number of rotatable bonds is 5. The third-order valence-corrected chi connectivity index (χ3v) is 2.92. The van der Waals surface area contributed by atoms with Crippen LogP contribution < -0.4 is 15.2 Å². The molecule has 0 fully saturated rings. The molecule has 0 spiro atoms. The van der Waals surface area contributed by atoms with Gasteiger partial charge in [-0.05, 0) is 19.1 Å². The lowest BCUT2D eigenvalue weighted by molar-refractivity contribution is -0.119. The Morgan fingerprint density at radius 1 is 1.35 bits per heavy atom. The zero-order valence-electron chi connectivity index (χ0n) is 11.5. The second-order valence-electron chi connectivity index (χ2n) is 4.34. The van der Waals surface area contributed by atoms with E-state index in [9.17, 15) is 9.59 Å². The number of methoxy groups -OCH3 is 1. The fourth-order valence-electron chi connectivity index (χ4n) is 2.02. The molecule has 2 aromatic rings. The van der Waals surface area contributed by atoms with Crippen LogP contribution in [0.2, 0.25) is 0 Å². The molecule has 0 bridgehead atoms. The van der Waals surface area contributed by atoms with E-state index in [0.717, 1.165) is 10.9 Å². The maximum atomic E-state index is 11.5. The van der Waals surface area contributed by atoms with Crippen LogP contribution in [0.1, 0.15) is 23.0 Å². The molecule has 106 valence electrons. The maximum absolute atomic E-state index is 11.5. The molecule has 2 N–H and O–H groups in total. The van der Waals surface area contributed by atoms with E-state index in [2.05, 4.69) is 0 Å². The van der Waals surface area contributed by atoms with Crippen molar-refractivity contribution in [3.8, 4) is 11.5 Å². The number of ketones is 1. The van der Waals surface area contributed by atoms with Gasteiger partial charge in [-0.15, -0.1) is 0 Å². The molecular weight excluding hydrogens is 262 g/mol. The van der Waals surface area contributed by atoms with E-state index in [1.165, 1.54) is 14.0 Å². The number of amides is 1. The quantitative estimate of drug-likeness (QED) is 0.841. The van der Waals surface area contributed by atoms with Crippen molar-refractivity contribution in [1.82, 2.24) is 0 Å². The minimum Gasteiger partial charge on any atom is -0.493 e. The molecule has 0 aliphatic carbocycles. The van der Waals surface area contributed by atoms with E-state index in [0.29, 0.717) is 11.3 Å². The molecule has 1 heterocycles. The van der Waals surface area contributed by atoms with Crippen molar-refractivity contribution in [2.24, 2.45) is 5.73 Å². The second-order valence-corrected chi connectivity index (χ2v) is 4.34. The fraction of sp³-hybridized carbons (Fsp3) is 0.286. The molecule has 0 atom stereocenters. The number of ether oxygens (including phenoxy) is 2. The minimum absolute atomic E-state index is 0.182. The van der Waals surface area contributed by atoms with Crippen LogP contribution in [-0.2, 0) is 4.79 Å². The molecular formula is C14H15NO5. The van der Waals surface area contributed by atoms with Crippen LogP contribution in [0.4, 0.5) is 0 Å². The number of hydrogen-bond acceptors (Lipinski definition) is 5. The predicted octanol–water partition coefficient (Wildman–Crippen LogP) is 1.82. The van der Waals surface area contributed by atoms with Crippen molar-refractivity contribution < 1.29 is 23.5 Å². The van der Waals surface area contributed by atoms with Crippen LogP contribution in [0, 0.1) is 6.92 Å².